The van der Waals surface area contributed by atoms with E-state index in [1.807, 2.05) is 0 Å². The van der Waals surface area contributed by atoms with E-state index in [2.05, 4.69) is 4.72 Å². The molecule has 0 aliphatic rings. The predicted molar refractivity (Wildman–Crippen MR) is 83.9 cm³/mol. The van der Waals surface area contributed by atoms with Gasteiger partial charge in [0.05, 0.1) is 10.5 Å². The van der Waals surface area contributed by atoms with Gasteiger partial charge >= 0.3 is 5.97 Å². The summed E-state index contributed by atoms with van der Waals surface area (Å²) in [6.45, 7) is 1.44. The van der Waals surface area contributed by atoms with Crippen molar-refractivity contribution in [3.8, 4) is 0 Å². The molecule has 2 rings (SSSR count). The lowest BCUT2D eigenvalue weighted by Crippen LogP contribution is -2.23. The third-order valence-corrected chi connectivity index (χ3v) is 4.66. The summed E-state index contributed by atoms with van der Waals surface area (Å²) in [4.78, 5) is 22.0. The fourth-order valence-corrected chi connectivity index (χ4v) is 2.91. The molecule has 0 aliphatic heterocycles. The molecule has 120 valence electrons. The quantitative estimate of drug-likeness (QED) is 0.788. The minimum atomic E-state index is -3.71. The van der Waals surface area contributed by atoms with Crippen molar-refractivity contribution in [3.63, 3.8) is 0 Å². The maximum atomic E-state index is 12.2. The van der Waals surface area contributed by atoms with Crippen molar-refractivity contribution in [1.82, 2.24) is 4.72 Å². The van der Waals surface area contributed by atoms with Gasteiger partial charge in [-0.25, -0.2) is 17.9 Å². The molecule has 0 fully saturated rings. The van der Waals surface area contributed by atoms with E-state index >= 15 is 0 Å². The molecule has 7 heteroatoms. The Morgan fingerprint density at radius 1 is 0.957 bits per heavy atom. The fraction of sp³-hybridized carbons (Fsp3) is 0.125. The largest absolute Gasteiger partial charge is 0.478 e. The number of ketones is 1. The first-order chi connectivity index (χ1) is 10.8. The zero-order valence-corrected chi connectivity index (χ0v) is 13.1. The van der Waals surface area contributed by atoms with Crippen LogP contribution in [0.3, 0.4) is 0 Å². The van der Waals surface area contributed by atoms with Crippen molar-refractivity contribution in [2.45, 2.75) is 18.4 Å². The summed E-state index contributed by atoms with van der Waals surface area (Å²) >= 11 is 0. The van der Waals surface area contributed by atoms with Crippen LogP contribution in [-0.4, -0.2) is 25.3 Å². The molecule has 0 spiro atoms. The minimum absolute atomic E-state index is 0.0384. The van der Waals surface area contributed by atoms with Gasteiger partial charge in [-0.15, -0.1) is 0 Å². The van der Waals surface area contributed by atoms with Crippen LogP contribution in [0.1, 0.15) is 33.2 Å². The number of hydrogen-bond donors (Lipinski definition) is 2. The summed E-state index contributed by atoms with van der Waals surface area (Å²) in [5.74, 6) is -1.18. The first kappa shape index (κ1) is 16.9. The Morgan fingerprint density at radius 3 is 1.96 bits per heavy atom. The Morgan fingerprint density at radius 2 is 1.48 bits per heavy atom. The van der Waals surface area contributed by atoms with Gasteiger partial charge in [0.25, 0.3) is 0 Å². The van der Waals surface area contributed by atoms with Crippen LogP contribution in [0.2, 0.25) is 0 Å². The summed E-state index contributed by atoms with van der Waals surface area (Å²) < 4.78 is 26.8. The molecule has 0 unspecified atom stereocenters. The molecule has 0 aromatic heterocycles. The molecule has 0 saturated carbocycles. The van der Waals surface area contributed by atoms with Crippen LogP contribution >= 0.6 is 0 Å². The van der Waals surface area contributed by atoms with Gasteiger partial charge < -0.3 is 5.11 Å². The number of sulfonamides is 1. The minimum Gasteiger partial charge on any atom is -0.478 e. The smallest absolute Gasteiger partial charge is 0.335 e. The molecule has 0 heterocycles. The van der Waals surface area contributed by atoms with E-state index in [1.54, 1.807) is 12.1 Å². The molecule has 6 nitrogen and oxygen atoms in total. The number of Topliss-reactive ketones (excluding diaryl/α,β-unsaturated/α-hetero) is 1. The molecular weight excluding hydrogens is 318 g/mol. The topological polar surface area (TPSA) is 101 Å². The van der Waals surface area contributed by atoms with Crippen molar-refractivity contribution in [3.05, 3.63) is 65.2 Å². The van der Waals surface area contributed by atoms with Crippen molar-refractivity contribution >= 4 is 21.8 Å². The fourth-order valence-electron chi connectivity index (χ4n) is 1.90. The third-order valence-electron chi connectivity index (χ3n) is 3.24. The van der Waals surface area contributed by atoms with Crippen molar-refractivity contribution in [2.24, 2.45) is 0 Å². The van der Waals surface area contributed by atoms with Crippen LogP contribution in [0.25, 0.3) is 0 Å². The van der Waals surface area contributed by atoms with Crippen LogP contribution < -0.4 is 4.72 Å². The maximum absolute atomic E-state index is 12.2. The number of benzene rings is 2. The van der Waals surface area contributed by atoms with Gasteiger partial charge in [-0.2, -0.15) is 0 Å². The maximum Gasteiger partial charge on any atom is 0.335 e. The van der Waals surface area contributed by atoms with Crippen LogP contribution in [0.5, 0.6) is 0 Å². The lowest BCUT2D eigenvalue weighted by Gasteiger charge is -2.07. The zero-order valence-electron chi connectivity index (χ0n) is 12.3. The van der Waals surface area contributed by atoms with Gasteiger partial charge in [-0.1, -0.05) is 24.3 Å². The molecule has 0 aliphatic carbocycles. The molecule has 0 amide bonds. The molecule has 2 aromatic rings. The lowest BCUT2D eigenvalue weighted by molar-refractivity contribution is 0.0696. The highest BCUT2D eigenvalue weighted by atomic mass is 32.2. The van der Waals surface area contributed by atoms with Crippen molar-refractivity contribution in [1.29, 1.82) is 0 Å². The number of carbonyl (C=O) groups is 2. The Balaban J connectivity index is 2.09. The first-order valence-electron chi connectivity index (χ1n) is 6.72. The number of rotatable bonds is 6. The highest BCUT2D eigenvalue weighted by Crippen LogP contribution is 2.12. The van der Waals surface area contributed by atoms with E-state index in [-0.39, 0.29) is 22.8 Å². The standard InChI is InChI=1S/C16H15NO5S/c1-11(18)13-6-8-15(9-7-13)23(21,22)17-10-12-2-4-14(5-3-12)16(19)20/h2-9,17H,10H2,1H3,(H,19,20). The van der Waals surface area contributed by atoms with Crippen LogP contribution in [-0.2, 0) is 16.6 Å². The number of nitrogens with one attached hydrogen (secondary N) is 1. The monoisotopic (exact) mass is 333 g/mol. The molecule has 0 bridgehead atoms. The second kappa shape index (κ2) is 6.72. The van der Waals surface area contributed by atoms with E-state index in [4.69, 9.17) is 5.11 Å². The Hall–Kier alpha value is -2.51. The van der Waals surface area contributed by atoms with Gasteiger partial charge in [0, 0.05) is 12.1 Å². The SMILES string of the molecule is CC(=O)c1ccc(S(=O)(=O)NCc2ccc(C(=O)O)cc2)cc1. The number of carbonyl (C=O) groups excluding carboxylic acids is 1. The van der Waals surface area contributed by atoms with Crippen molar-refractivity contribution < 1.29 is 23.1 Å². The third kappa shape index (κ3) is 4.24. The van der Waals surface area contributed by atoms with Gasteiger partial charge in [0.2, 0.25) is 10.0 Å². The molecular formula is C16H15NO5S. The van der Waals surface area contributed by atoms with E-state index in [0.29, 0.717) is 11.1 Å². The zero-order chi connectivity index (χ0) is 17.0. The highest BCUT2D eigenvalue weighted by molar-refractivity contribution is 7.89. The summed E-state index contributed by atoms with van der Waals surface area (Å²) in [6.07, 6.45) is 0. The number of aromatic carboxylic acids is 1. The van der Waals surface area contributed by atoms with E-state index in [0.717, 1.165) is 0 Å². The molecule has 23 heavy (non-hydrogen) atoms. The summed E-state index contributed by atoms with van der Waals surface area (Å²) in [6, 6.07) is 11.6. The van der Waals surface area contributed by atoms with E-state index in [1.165, 1.54) is 43.3 Å². The van der Waals surface area contributed by atoms with E-state index in [9.17, 15) is 18.0 Å². The predicted octanol–water partition coefficient (Wildman–Crippen LogP) is 2.07. The first-order valence-corrected chi connectivity index (χ1v) is 8.21. The Kier molecular flexibility index (Phi) is 4.92. The highest BCUT2D eigenvalue weighted by Gasteiger charge is 2.14. The van der Waals surface area contributed by atoms with Crippen LogP contribution in [0.15, 0.2) is 53.4 Å². The number of carboxylic acids is 1. The van der Waals surface area contributed by atoms with E-state index < -0.39 is 16.0 Å². The molecule has 0 atom stereocenters. The summed E-state index contributed by atoms with van der Waals surface area (Å²) in [7, 11) is -3.71. The van der Waals surface area contributed by atoms with Gasteiger partial charge in [0.15, 0.2) is 5.78 Å². The normalized spacial score (nSPS) is 11.2. The molecule has 0 saturated heterocycles. The Labute approximate surface area is 133 Å². The lowest BCUT2D eigenvalue weighted by atomic mass is 10.1. The number of carboxylic acid groups (broad SMARTS) is 1. The molecule has 0 radical (unpaired) electrons. The second-order valence-corrected chi connectivity index (χ2v) is 6.67. The Bertz CT molecular complexity index is 824. The average molecular weight is 333 g/mol. The molecule has 2 aromatic carbocycles. The molecule has 2 N–H and O–H groups in total. The number of hydrogen-bond acceptors (Lipinski definition) is 4. The van der Waals surface area contributed by atoms with Crippen LogP contribution in [0.4, 0.5) is 0 Å². The second-order valence-electron chi connectivity index (χ2n) is 4.91. The van der Waals surface area contributed by atoms with Crippen LogP contribution in [0, 0.1) is 0 Å². The van der Waals surface area contributed by atoms with Gasteiger partial charge in [0.1, 0.15) is 0 Å². The summed E-state index contributed by atoms with van der Waals surface area (Å²) in [5, 5.41) is 8.81. The van der Waals surface area contributed by atoms with Gasteiger partial charge in [-0.3, -0.25) is 4.79 Å². The van der Waals surface area contributed by atoms with Crippen molar-refractivity contribution in [2.75, 3.05) is 0 Å². The average Bonchev–Trinajstić information content (AvgIpc) is 2.53. The van der Waals surface area contributed by atoms with Gasteiger partial charge in [-0.05, 0) is 36.8 Å². The summed E-state index contributed by atoms with van der Waals surface area (Å²) in [5.41, 5.74) is 1.21.